The number of aromatic amines is 1. The van der Waals surface area contributed by atoms with Crippen molar-refractivity contribution in [1.82, 2.24) is 10.2 Å². The maximum atomic E-state index is 5.20. The predicted molar refractivity (Wildman–Crippen MR) is 56.3 cm³/mol. The van der Waals surface area contributed by atoms with Crippen LogP contribution in [-0.4, -0.2) is 16.8 Å². The summed E-state index contributed by atoms with van der Waals surface area (Å²) in [5.41, 5.74) is 4.19. The van der Waals surface area contributed by atoms with Crippen LogP contribution in [0.3, 0.4) is 0 Å². The lowest BCUT2D eigenvalue weighted by Crippen LogP contribution is -2.20. The van der Waals surface area contributed by atoms with Crippen LogP contribution in [0.2, 0.25) is 0 Å². The molecule has 0 spiro atoms. The maximum absolute atomic E-state index is 5.20. The third kappa shape index (κ3) is 1.40. The molecule has 4 nitrogen and oxygen atoms in total. The second kappa shape index (κ2) is 3.32. The molecule has 15 heavy (non-hydrogen) atoms. The molecular formula is C11H17N3O. The van der Waals surface area contributed by atoms with E-state index < -0.39 is 0 Å². The first-order valence-electron chi connectivity index (χ1n) is 5.74. The average Bonchev–Trinajstić information content (AvgIpc) is 2.91. The highest BCUT2D eigenvalue weighted by molar-refractivity contribution is 5.37. The SMILES string of the molecule is NOCC1(c2n[nH]c3c2CCCC3)CC1. The van der Waals surface area contributed by atoms with Crippen molar-refractivity contribution in [3.05, 3.63) is 17.0 Å². The first-order chi connectivity index (χ1) is 7.36. The second-order valence-electron chi connectivity index (χ2n) is 4.83. The van der Waals surface area contributed by atoms with Crippen molar-refractivity contribution in [2.45, 2.75) is 43.9 Å². The zero-order valence-corrected chi connectivity index (χ0v) is 8.88. The number of fused-ring (bicyclic) bond motifs is 1. The number of hydrogen-bond donors (Lipinski definition) is 2. The monoisotopic (exact) mass is 207 g/mol. The van der Waals surface area contributed by atoms with E-state index in [-0.39, 0.29) is 5.41 Å². The van der Waals surface area contributed by atoms with Crippen LogP contribution >= 0.6 is 0 Å². The van der Waals surface area contributed by atoms with Gasteiger partial charge in [0.05, 0.1) is 12.3 Å². The Balaban J connectivity index is 1.95. The van der Waals surface area contributed by atoms with Gasteiger partial charge >= 0.3 is 0 Å². The van der Waals surface area contributed by atoms with E-state index in [1.165, 1.54) is 49.1 Å². The topological polar surface area (TPSA) is 63.9 Å². The third-order valence-corrected chi connectivity index (χ3v) is 3.77. The Labute approximate surface area is 89.1 Å². The number of aromatic nitrogens is 2. The molecule has 3 N–H and O–H groups in total. The van der Waals surface area contributed by atoms with E-state index in [2.05, 4.69) is 10.2 Å². The number of H-pyrrole nitrogens is 1. The van der Waals surface area contributed by atoms with E-state index >= 15 is 0 Å². The molecule has 0 aromatic carbocycles. The molecule has 1 aromatic rings. The number of rotatable bonds is 3. The summed E-state index contributed by atoms with van der Waals surface area (Å²) in [6, 6.07) is 0. The van der Waals surface area contributed by atoms with Gasteiger partial charge in [0, 0.05) is 11.1 Å². The Morgan fingerprint density at radius 2 is 2.13 bits per heavy atom. The summed E-state index contributed by atoms with van der Waals surface area (Å²) in [6.07, 6.45) is 7.24. The third-order valence-electron chi connectivity index (χ3n) is 3.77. The number of nitrogens with zero attached hydrogens (tertiary/aromatic N) is 1. The second-order valence-corrected chi connectivity index (χ2v) is 4.83. The molecule has 0 amide bonds. The number of nitrogens with one attached hydrogen (secondary N) is 1. The van der Waals surface area contributed by atoms with Gasteiger partial charge in [-0.05, 0) is 44.1 Å². The van der Waals surface area contributed by atoms with Crippen molar-refractivity contribution in [3.8, 4) is 0 Å². The lowest BCUT2D eigenvalue weighted by Gasteiger charge is -2.16. The molecule has 0 aliphatic heterocycles. The molecule has 1 saturated carbocycles. The largest absolute Gasteiger partial charge is 0.304 e. The van der Waals surface area contributed by atoms with Crippen LogP contribution in [0, 0.1) is 0 Å². The normalized spacial score (nSPS) is 22.5. The minimum Gasteiger partial charge on any atom is -0.304 e. The van der Waals surface area contributed by atoms with E-state index in [0.29, 0.717) is 6.61 Å². The molecule has 0 bridgehead atoms. The van der Waals surface area contributed by atoms with Crippen LogP contribution in [0.4, 0.5) is 0 Å². The average molecular weight is 207 g/mol. The molecule has 82 valence electrons. The number of aryl methyl sites for hydroxylation is 1. The zero-order valence-electron chi connectivity index (χ0n) is 8.88. The van der Waals surface area contributed by atoms with Crippen molar-refractivity contribution in [1.29, 1.82) is 0 Å². The summed E-state index contributed by atoms with van der Waals surface area (Å²) in [5.74, 6) is 5.20. The highest BCUT2D eigenvalue weighted by Crippen LogP contribution is 2.49. The highest BCUT2D eigenvalue weighted by Gasteiger charge is 2.48. The fourth-order valence-electron chi connectivity index (χ4n) is 2.68. The Morgan fingerprint density at radius 3 is 2.87 bits per heavy atom. The van der Waals surface area contributed by atoms with Crippen molar-refractivity contribution in [2.24, 2.45) is 5.90 Å². The van der Waals surface area contributed by atoms with Gasteiger partial charge in [-0.3, -0.25) is 5.10 Å². The van der Waals surface area contributed by atoms with Crippen molar-refractivity contribution < 1.29 is 4.84 Å². The van der Waals surface area contributed by atoms with Gasteiger partial charge in [0.15, 0.2) is 0 Å². The van der Waals surface area contributed by atoms with Crippen molar-refractivity contribution >= 4 is 0 Å². The minimum absolute atomic E-state index is 0.149. The molecule has 0 unspecified atom stereocenters. The first-order valence-corrected chi connectivity index (χ1v) is 5.74. The molecule has 1 aromatic heterocycles. The van der Waals surface area contributed by atoms with E-state index in [9.17, 15) is 0 Å². The standard InChI is InChI=1S/C11H17N3O/c12-15-7-11(5-6-11)10-8-3-1-2-4-9(8)13-14-10/h1-7,12H2,(H,13,14). The fourth-order valence-corrected chi connectivity index (χ4v) is 2.68. The van der Waals surface area contributed by atoms with Gasteiger partial charge in [0.25, 0.3) is 0 Å². The van der Waals surface area contributed by atoms with Gasteiger partial charge in [0.1, 0.15) is 0 Å². The molecule has 4 heteroatoms. The van der Waals surface area contributed by atoms with Gasteiger partial charge in [-0.25, -0.2) is 5.90 Å². The smallest absolute Gasteiger partial charge is 0.0791 e. The summed E-state index contributed by atoms with van der Waals surface area (Å²) in [7, 11) is 0. The molecular weight excluding hydrogens is 190 g/mol. The van der Waals surface area contributed by atoms with Crippen LogP contribution in [0.25, 0.3) is 0 Å². The van der Waals surface area contributed by atoms with Crippen LogP contribution in [0.1, 0.15) is 42.6 Å². The summed E-state index contributed by atoms with van der Waals surface area (Å²) in [5, 5.41) is 7.67. The van der Waals surface area contributed by atoms with Crippen LogP contribution in [0.5, 0.6) is 0 Å². The van der Waals surface area contributed by atoms with Crippen LogP contribution in [-0.2, 0) is 23.1 Å². The molecule has 0 saturated heterocycles. The van der Waals surface area contributed by atoms with Gasteiger partial charge in [-0.15, -0.1) is 0 Å². The quantitative estimate of drug-likeness (QED) is 0.732. The molecule has 2 aliphatic rings. The Hall–Kier alpha value is -0.870. The van der Waals surface area contributed by atoms with Crippen LogP contribution in [0.15, 0.2) is 0 Å². The van der Waals surface area contributed by atoms with Gasteiger partial charge in [0.2, 0.25) is 0 Å². The number of nitrogens with two attached hydrogens (primary N) is 1. The highest BCUT2D eigenvalue weighted by atomic mass is 16.6. The lowest BCUT2D eigenvalue weighted by molar-refractivity contribution is 0.114. The zero-order chi connectivity index (χ0) is 10.3. The number of hydrogen-bond acceptors (Lipinski definition) is 3. The predicted octanol–water partition coefficient (Wildman–Crippen LogP) is 1.21. The summed E-state index contributed by atoms with van der Waals surface area (Å²) in [4.78, 5) is 4.83. The molecule has 0 radical (unpaired) electrons. The lowest BCUT2D eigenvalue weighted by atomic mass is 9.90. The van der Waals surface area contributed by atoms with Crippen molar-refractivity contribution in [2.75, 3.05) is 6.61 Å². The maximum Gasteiger partial charge on any atom is 0.0791 e. The Kier molecular flexibility index (Phi) is 2.07. The summed E-state index contributed by atoms with van der Waals surface area (Å²) >= 11 is 0. The fraction of sp³-hybridized carbons (Fsp3) is 0.727. The molecule has 2 aliphatic carbocycles. The molecule has 3 rings (SSSR count). The van der Waals surface area contributed by atoms with E-state index in [1.807, 2.05) is 0 Å². The first kappa shape index (κ1) is 9.36. The van der Waals surface area contributed by atoms with Crippen LogP contribution < -0.4 is 5.90 Å². The Bertz CT molecular complexity index is 368. The van der Waals surface area contributed by atoms with E-state index in [1.54, 1.807) is 0 Å². The molecule has 1 fully saturated rings. The molecule has 1 heterocycles. The Morgan fingerprint density at radius 1 is 1.33 bits per heavy atom. The van der Waals surface area contributed by atoms with Gasteiger partial charge in [-0.1, -0.05) is 0 Å². The molecule has 0 atom stereocenters. The van der Waals surface area contributed by atoms with Gasteiger partial charge < -0.3 is 4.84 Å². The van der Waals surface area contributed by atoms with Gasteiger partial charge in [-0.2, -0.15) is 5.10 Å². The van der Waals surface area contributed by atoms with E-state index in [4.69, 9.17) is 10.7 Å². The summed E-state index contributed by atoms with van der Waals surface area (Å²) in [6.45, 7) is 0.615. The van der Waals surface area contributed by atoms with E-state index in [0.717, 1.165) is 6.42 Å². The summed E-state index contributed by atoms with van der Waals surface area (Å²) < 4.78 is 0. The minimum atomic E-state index is 0.149. The van der Waals surface area contributed by atoms with Crippen molar-refractivity contribution in [3.63, 3.8) is 0 Å².